The number of aryl methyl sites for hydroxylation is 3. The molecule has 29 heavy (non-hydrogen) atoms. The van der Waals surface area contributed by atoms with Crippen molar-refractivity contribution in [2.45, 2.75) is 27.1 Å². The predicted octanol–water partition coefficient (Wildman–Crippen LogP) is 1.88. The number of nitriles is 1. The molecule has 148 valence electrons. The molecule has 4 N–H and O–H groups in total. The molecule has 3 aromatic heterocycles. The molecule has 1 atom stereocenters. The van der Waals surface area contributed by atoms with Gasteiger partial charge in [-0.1, -0.05) is 6.08 Å². The van der Waals surface area contributed by atoms with E-state index in [-0.39, 0.29) is 12.1 Å². The quantitative estimate of drug-likeness (QED) is 0.549. The molecule has 4 heterocycles. The Morgan fingerprint density at radius 3 is 2.76 bits per heavy atom. The van der Waals surface area contributed by atoms with Gasteiger partial charge in [-0.25, -0.2) is 9.67 Å². The molecule has 0 radical (unpaired) electrons. The van der Waals surface area contributed by atoms with Crippen LogP contribution in [0.3, 0.4) is 0 Å². The van der Waals surface area contributed by atoms with Gasteiger partial charge in [0.05, 0.1) is 11.4 Å². The van der Waals surface area contributed by atoms with E-state index in [2.05, 4.69) is 46.5 Å². The maximum absolute atomic E-state index is 9.54. The fraction of sp³-hybridized carbons (Fsp3) is 0.312. The Kier molecular flexibility index (Phi) is 4.79. The second kappa shape index (κ2) is 7.41. The van der Waals surface area contributed by atoms with E-state index >= 15 is 0 Å². The highest BCUT2D eigenvalue weighted by Crippen LogP contribution is 2.32. The number of aromatic nitrogens is 6. The molecule has 0 amide bonds. The summed E-state index contributed by atoms with van der Waals surface area (Å²) in [7, 11) is 0. The third-order valence-corrected chi connectivity index (χ3v) is 5.01. The van der Waals surface area contributed by atoms with Gasteiger partial charge in [0.2, 0.25) is 5.13 Å². The number of azo groups is 1. The third kappa shape index (κ3) is 3.35. The van der Waals surface area contributed by atoms with Crippen LogP contribution >= 0.6 is 11.5 Å². The summed E-state index contributed by atoms with van der Waals surface area (Å²) in [6, 6.07) is 2.12. The van der Waals surface area contributed by atoms with Gasteiger partial charge in [0.15, 0.2) is 23.6 Å². The molecular formula is C16H18N12S. The Morgan fingerprint density at radius 2 is 2.10 bits per heavy atom. The summed E-state index contributed by atoms with van der Waals surface area (Å²) in [6.45, 7) is 6.00. The van der Waals surface area contributed by atoms with E-state index in [4.69, 9.17) is 5.73 Å². The van der Waals surface area contributed by atoms with Crippen molar-refractivity contribution in [3.8, 4) is 11.2 Å². The molecular weight excluding hydrogens is 392 g/mol. The second-order valence-electron chi connectivity index (χ2n) is 6.28. The minimum absolute atomic E-state index is 0.268. The van der Waals surface area contributed by atoms with Gasteiger partial charge >= 0.3 is 0 Å². The van der Waals surface area contributed by atoms with E-state index < -0.39 is 0 Å². The number of nitrogens with two attached hydrogens (primary N) is 1. The van der Waals surface area contributed by atoms with Crippen LogP contribution in [0.5, 0.6) is 0 Å². The summed E-state index contributed by atoms with van der Waals surface area (Å²) in [5.41, 5.74) is 8.13. The van der Waals surface area contributed by atoms with Crippen LogP contribution in [-0.2, 0) is 0 Å². The van der Waals surface area contributed by atoms with Crippen LogP contribution < -0.4 is 16.4 Å². The molecule has 4 rings (SSSR count). The minimum Gasteiger partial charge on any atom is -0.382 e. The minimum atomic E-state index is -0.283. The zero-order valence-corrected chi connectivity index (χ0v) is 16.8. The van der Waals surface area contributed by atoms with Crippen LogP contribution in [0.15, 0.2) is 22.5 Å². The fourth-order valence-electron chi connectivity index (χ4n) is 2.83. The average molecular weight is 410 g/mol. The number of hydrogen-bond acceptors (Lipinski definition) is 11. The van der Waals surface area contributed by atoms with Gasteiger partial charge in [-0.05, 0) is 27.0 Å². The lowest BCUT2D eigenvalue weighted by molar-refractivity contribution is 0.340. The average Bonchev–Trinajstić information content (AvgIpc) is 3.37. The third-order valence-electron chi connectivity index (χ3n) is 4.23. The van der Waals surface area contributed by atoms with Gasteiger partial charge in [-0.15, -0.1) is 10.2 Å². The highest BCUT2D eigenvalue weighted by Gasteiger charge is 2.22. The lowest BCUT2D eigenvalue weighted by Gasteiger charge is -2.22. The van der Waals surface area contributed by atoms with E-state index in [1.165, 1.54) is 4.68 Å². The van der Waals surface area contributed by atoms with Crippen LogP contribution in [0, 0.1) is 32.1 Å². The molecule has 0 saturated heterocycles. The molecule has 3 aromatic rings. The smallest absolute Gasteiger partial charge is 0.232 e. The largest absolute Gasteiger partial charge is 0.382 e. The first-order valence-electron chi connectivity index (χ1n) is 8.70. The Labute approximate surface area is 169 Å². The molecule has 12 nitrogen and oxygen atoms in total. The van der Waals surface area contributed by atoms with Crippen molar-refractivity contribution in [2.24, 2.45) is 10.2 Å². The van der Waals surface area contributed by atoms with Crippen molar-refractivity contribution in [3.05, 3.63) is 35.1 Å². The molecule has 0 fully saturated rings. The van der Waals surface area contributed by atoms with Crippen LogP contribution in [0.2, 0.25) is 0 Å². The van der Waals surface area contributed by atoms with Crippen molar-refractivity contribution in [3.63, 3.8) is 0 Å². The van der Waals surface area contributed by atoms with Crippen LogP contribution in [-0.4, -0.2) is 35.5 Å². The zero-order chi connectivity index (χ0) is 20.5. The van der Waals surface area contributed by atoms with Crippen LogP contribution in [0.4, 0.5) is 17.3 Å². The number of nitrogen functional groups attached to an aromatic ring is 1. The molecule has 0 bridgehead atoms. The van der Waals surface area contributed by atoms with E-state index in [1.54, 1.807) is 25.5 Å². The van der Waals surface area contributed by atoms with Gasteiger partial charge in [-0.3, -0.25) is 5.32 Å². The Morgan fingerprint density at radius 1 is 1.28 bits per heavy atom. The molecule has 0 spiro atoms. The lowest BCUT2D eigenvalue weighted by Crippen LogP contribution is -2.40. The zero-order valence-electron chi connectivity index (χ0n) is 15.9. The van der Waals surface area contributed by atoms with E-state index in [1.807, 2.05) is 12.3 Å². The molecule has 1 aliphatic rings. The van der Waals surface area contributed by atoms with Gasteiger partial charge in [-0.2, -0.15) is 24.5 Å². The number of nitrogens with zero attached hydrogens (tertiary/aromatic N) is 9. The standard InChI is InChI=1S/C16H18N12S/c1-8-11(7-17)14(28(24-8)16-21-10(3)26-29-16)23-22-12-9(2)25-27(13(12)18)15-19-5-4-6-20-15/h4-5,15,19-20H,6,18H2,1-3H3. The van der Waals surface area contributed by atoms with E-state index in [9.17, 15) is 5.26 Å². The highest BCUT2D eigenvalue weighted by atomic mass is 32.1. The first-order chi connectivity index (χ1) is 14.0. The number of anilines is 1. The van der Waals surface area contributed by atoms with E-state index in [0.29, 0.717) is 46.0 Å². The summed E-state index contributed by atoms with van der Waals surface area (Å²) < 4.78 is 7.23. The highest BCUT2D eigenvalue weighted by molar-refractivity contribution is 7.08. The summed E-state index contributed by atoms with van der Waals surface area (Å²) in [5.74, 6) is 1.23. The van der Waals surface area contributed by atoms with Crippen molar-refractivity contribution < 1.29 is 0 Å². The molecule has 0 saturated carbocycles. The maximum Gasteiger partial charge on any atom is 0.232 e. The Bertz CT molecular complexity index is 1160. The summed E-state index contributed by atoms with van der Waals surface area (Å²) >= 11 is 1.16. The number of hydrogen-bond donors (Lipinski definition) is 3. The Hall–Kier alpha value is -3.63. The maximum atomic E-state index is 9.54. The first-order valence-corrected chi connectivity index (χ1v) is 9.48. The van der Waals surface area contributed by atoms with Crippen molar-refractivity contribution in [2.75, 3.05) is 12.3 Å². The molecule has 13 heteroatoms. The number of nitrogens with one attached hydrogen (secondary N) is 2. The summed E-state index contributed by atoms with van der Waals surface area (Å²) in [4.78, 5) is 4.32. The van der Waals surface area contributed by atoms with Gasteiger partial charge in [0.1, 0.15) is 17.5 Å². The van der Waals surface area contributed by atoms with E-state index in [0.717, 1.165) is 11.5 Å². The SMILES string of the molecule is Cc1nsc(-n2nc(C)c(C#N)c2N=Nc2c(C)nn(C3NC=CCN3)c2N)n1. The molecule has 0 aliphatic carbocycles. The monoisotopic (exact) mass is 410 g/mol. The lowest BCUT2D eigenvalue weighted by atomic mass is 10.3. The fourth-order valence-corrected chi connectivity index (χ4v) is 3.46. The normalized spacial score (nSPS) is 16.3. The summed E-state index contributed by atoms with van der Waals surface area (Å²) in [5, 5.41) is 33.8. The first kappa shape index (κ1) is 18.7. The van der Waals surface area contributed by atoms with Crippen molar-refractivity contribution in [1.82, 2.24) is 39.6 Å². The van der Waals surface area contributed by atoms with Crippen LogP contribution in [0.25, 0.3) is 5.13 Å². The van der Waals surface area contributed by atoms with Crippen LogP contribution in [0.1, 0.15) is 29.1 Å². The Balaban J connectivity index is 1.74. The van der Waals surface area contributed by atoms with Gasteiger partial charge in [0, 0.05) is 18.1 Å². The predicted molar refractivity (Wildman–Crippen MR) is 106 cm³/mol. The van der Waals surface area contributed by atoms with Gasteiger partial charge < -0.3 is 11.1 Å². The van der Waals surface area contributed by atoms with Crippen molar-refractivity contribution in [1.29, 1.82) is 5.26 Å². The van der Waals surface area contributed by atoms with Gasteiger partial charge in [0.25, 0.3) is 0 Å². The molecule has 0 aromatic carbocycles. The van der Waals surface area contributed by atoms with Crippen molar-refractivity contribution >= 4 is 28.9 Å². The molecule has 1 unspecified atom stereocenters. The topological polar surface area (TPSA) is 160 Å². The summed E-state index contributed by atoms with van der Waals surface area (Å²) in [6.07, 6.45) is 3.50. The second-order valence-corrected chi connectivity index (χ2v) is 7.01. The molecule has 1 aliphatic heterocycles. The number of rotatable bonds is 4.